The van der Waals surface area contributed by atoms with Gasteiger partial charge in [0.25, 0.3) is 0 Å². The summed E-state index contributed by atoms with van der Waals surface area (Å²) in [6.45, 7) is 3.02. The predicted molar refractivity (Wildman–Crippen MR) is 110 cm³/mol. The number of hydrogen-bond donors (Lipinski definition) is 0. The lowest BCUT2D eigenvalue weighted by Gasteiger charge is -2.35. The Bertz CT molecular complexity index is 1010. The summed E-state index contributed by atoms with van der Waals surface area (Å²) in [7, 11) is 1.61. The van der Waals surface area contributed by atoms with Crippen LogP contribution in [0.15, 0.2) is 47.1 Å². The molecule has 0 bridgehead atoms. The maximum Gasteiger partial charge on any atom is 0.227 e. The van der Waals surface area contributed by atoms with Crippen molar-refractivity contribution < 1.29 is 18.3 Å². The van der Waals surface area contributed by atoms with E-state index in [0.717, 1.165) is 16.7 Å². The van der Waals surface area contributed by atoms with Crippen LogP contribution in [0, 0.1) is 5.82 Å². The second-order valence-electron chi connectivity index (χ2n) is 7.16. The summed E-state index contributed by atoms with van der Waals surface area (Å²) in [5, 5.41) is 1.36. The first-order chi connectivity index (χ1) is 14.0. The molecule has 1 amide bonds. The summed E-state index contributed by atoms with van der Waals surface area (Å²) in [5.41, 5.74) is 2.08. The highest BCUT2D eigenvalue weighted by atomic mass is 35.5. The van der Waals surface area contributed by atoms with Gasteiger partial charge in [0, 0.05) is 60.3 Å². The third-order valence-corrected chi connectivity index (χ3v) is 5.73. The van der Waals surface area contributed by atoms with E-state index >= 15 is 0 Å². The average molecular weight is 417 g/mol. The van der Waals surface area contributed by atoms with Crippen LogP contribution in [-0.4, -0.2) is 49.0 Å². The third kappa shape index (κ3) is 4.23. The van der Waals surface area contributed by atoms with Gasteiger partial charge in [-0.05, 0) is 24.3 Å². The fraction of sp³-hybridized carbons (Fsp3) is 0.318. The largest absolute Gasteiger partial charge is 0.497 e. The van der Waals surface area contributed by atoms with Crippen LogP contribution < -0.4 is 4.74 Å². The van der Waals surface area contributed by atoms with Gasteiger partial charge in [-0.3, -0.25) is 9.69 Å². The van der Waals surface area contributed by atoms with Crippen molar-refractivity contribution in [2.75, 3.05) is 33.3 Å². The van der Waals surface area contributed by atoms with E-state index in [1.54, 1.807) is 25.5 Å². The van der Waals surface area contributed by atoms with Gasteiger partial charge in [0.1, 0.15) is 17.1 Å². The van der Waals surface area contributed by atoms with Gasteiger partial charge in [0.05, 0.1) is 19.8 Å². The summed E-state index contributed by atoms with van der Waals surface area (Å²) in [6.07, 6.45) is 1.93. The molecule has 0 aliphatic carbocycles. The van der Waals surface area contributed by atoms with Crippen molar-refractivity contribution in [3.05, 3.63) is 64.6 Å². The molecule has 0 atom stereocenters. The van der Waals surface area contributed by atoms with Crippen LogP contribution in [0.2, 0.25) is 5.02 Å². The van der Waals surface area contributed by atoms with E-state index in [4.69, 9.17) is 20.8 Å². The van der Waals surface area contributed by atoms with Crippen molar-refractivity contribution in [3.8, 4) is 5.75 Å². The number of rotatable bonds is 5. The fourth-order valence-corrected chi connectivity index (χ4v) is 3.89. The molecule has 0 spiro atoms. The van der Waals surface area contributed by atoms with Gasteiger partial charge in [0.2, 0.25) is 5.91 Å². The van der Waals surface area contributed by atoms with E-state index in [-0.39, 0.29) is 11.7 Å². The van der Waals surface area contributed by atoms with Gasteiger partial charge in [-0.1, -0.05) is 17.7 Å². The smallest absolute Gasteiger partial charge is 0.227 e. The summed E-state index contributed by atoms with van der Waals surface area (Å²) in [4.78, 5) is 16.7. The molecule has 3 aromatic rings. The van der Waals surface area contributed by atoms with Crippen LogP contribution in [0.3, 0.4) is 0 Å². The van der Waals surface area contributed by atoms with Crippen LogP contribution >= 0.6 is 11.6 Å². The maximum atomic E-state index is 14.0. The molecule has 5 nitrogen and oxygen atoms in total. The van der Waals surface area contributed by atoms with Crippen molar-refractivity contribution in [1.82, 2.24) is 9.80 Å². The third-order valence-electron chi connectivity index (χ3n) is 5.37. The molecule has 152 valence electrons. The topological polar surface area (TPSA) is 45.9 Å². The maximum absolute atomic E-state index is 14.0. The molecular formula is C22H22ClFN2O3. The zero-order chi connectivity index (χ0) is 20.4. The second kappa shape index (κ2) is 8.43. The minimum atomic E-state index is -0.292. The number of fused-ring (bicyclic) bond motifs is 1. The summed E-state index contributed by atoms with van der Waals surface area (Å²) in [6, 6.07) is 10.3. The van der Waals surface area contributed by atoms with Crippen molar-refractivity contribution >= 4 is 28.5 Å². The van der Waals surface area contributed by atoms with E-state index in [1.165, 1.54) is 6.07 Å². The summed E-state index contributed by atoms with van der Waals surface area (Å²) >= 11 is 6.13. The summed E-state index contributed by atoms with van der Waals surface area (Å²) < 4.78 is 24.8. The lowest BCUT2D eigenvalue weighted by atomic mass is 10.1. The van der Waals surface area contributed by atoms with Crippen LogP contribution in [0.1, 0.15) is 11.1 Å². The molecule has 2 heterocycles. The Morgan fingerprint density at radius 2 is 2.00 bits per heavy atom. The molecule has 1 aliphatic rings. The molecular weight excluding hydrogens is 395 g/mol. The molecule has 0 N–H and O–H groups in total. The first-order valence-corrected chi connectivity index (χ1v) is 9.90. The van der Waals surface area contributed by atoms with E-state index in [9.17, 15) is 9.18 Å². The van der Waals surface area contributed by atoms with Crippen molar-refractivity contribution in [3.63, 3.8) is 0 Å². The number of benzene rings is 2. The Hall–Kier alpha value is -2.57. The fourth-order valence-electron chi connectivity index (χ4n) is 3.66. The first kappa shape index (κ1) is 19.7. The van der Waals surface area contributed by atoms with Crippen LogP contribution in [0.5, 0.6) is 5.75 Å². The molecule has 1 fully saturated rings. The van der Waals surface area contributed by atoms with E-state index in [1.807, 2.05) is 23.1 Å². The Morgan fingerprint density at radius 3 is 2.72 bits per heavy atom. The number of ether oxygens (including phenoxy) is 1. The van der Waals surface area contributed by atoms with Crippen molar-refractivity contribution in [1.29, 1.82) is 0 Å². The number of halogens is 2. The monoisotopic (exact) mass is 416 g/mol. The molecule has 4 rings (SSSR count). The molecule has 0 saturated carbocycles. The highest BCUT2D eigenvalue weighted by molar-refractivity contribution is 6.31. The quantitative estimate of drug-likeness (QED) is 0.627. The Labute approximate surface area is 173 Å². The van der Waals surface area contributed by atoms with Gasteiger partial charge in [-0.2, -0.15) is 0 Å². The lowest BCUT2D eigenvalue weighted by molar-refractivity contribution is -0.132. The van der Waals surface area contributed by atoms with E-state index < -0.39 is 0 Å². The minimum absolute atomic E-state index is 0.0621. The van der Waals surface area contributed by atoms with Crippen LogP contribution in [-0.2, 0) is 17.8 Å². The first-order valence-electron chi connectivity index (χ1n) is 9.52. The molecule has 2 aromatic carbocycles. The van der Waals surface area contributed by atoms with E-state index in [0.29, 0.717) is 55.3 Å². The zero-order valence-corrected chi connectivity index (χ0v) is 16.9. The van der Waals surface area contributed by atoms with Gasteiger partial charge >= 0.3 is 0 Å². The van der Waals surface area contributed by atoms with Crippen LogP contribution in [0.25, 0.3) is 11.0 Å². The average Bonchev–Trinajstić information content (AvgIpc) is 3.13. The number of nitrogens with zero attached hydrogens (tertiary/aromatic N) is 2. The summed E-state index contributed by atoms with van der Waals surface area (Å²) in [5.74, 6) is 0.488. The van der Waals surface area contributed by atoms with Crippen LogP contribution in [0.4, 0.5) is 4.39 Å². The molecule has 0 unspecified atom stereocenters. The highest BCUT2D eigenvalue weighted by Crippen LogP contribution is 2.26. The Kier molecular flexibility index (Phi) is 5.74. The standard InChI is InChI=1S/C22H22ClFN2O3/c1-28-16-5-6-17-15(14-29-21(17)12-16)11-22(27)26-9-7-25(8-10-26)13-18-19(23)3-2-4-20(18)24/h2-6,12,14H,7-11,13H2,1H3. The molecule has 0 radical (unpaired) electrons. The number of carbonyl (C=O) groups excluding carboxylic acids is 1. The van der Waals surface area contributed by atoms with Gasteiger partial charge < -0.3 is 14.1 Å². The number of piperazine rings is 1. The molecule has 1 saturated heterocycles. The molecule has 7 heteroatoms. The number of methoxy groups -OCH3 is 1. The Balaban J connectivity index is 1.36. The van der Waals surface area contributed by atoms with Gasteiger partial charge in [0.15, 0.2) is 0 Å². The van der Waals surface area contributed by atoms with Crippen molar-refractivity contribution in [2.45, 2.75) is 13.0 Å². The highest BCUT2D eigenvalue weighted by Gasteiger charge is 2.23. The number of carbonyl (C=O) groups is 1. The number of hydrogen-bond acceptors (Lipinski definition) is 4. The van der Waals surface area contributed by atoms with E-state index in [2.05, 4.69) is 4.90 Å². The molecule has 1 aliphatic heterocycles. The second-order valence-corrected chi connectivity index (χ2v) is 7.56. The zero-order valence-electron chi connectivity index (χ0n) is 16.2. The minimum Gasteiger partial charge on any atom is -0.497 e. The normalized spacial score (nSPS) is 15.1. The molecule has 1 aromatic heterocycles. The molecule has 29 heavy (non-hydrogen) atoms. The predicted octanol–water partition coefficient (Wildman–Crippen LogP) is 4.12. The Morgan fingerprint density at radius 1 is 1.21 bits per heavy atom. The lowest BCUT2D eigenvalue weighted by Crippen LogP contribution is -2.48. The van der Waals surface area contributed by atoms with Gasteiger partial charge in [-0.25, -0.2) is 4.39 Å². The number of amides is 1. The van der Waals surface area contributed by atoms with Crippen molar-refractivity contribution in [2.24, 2.45) is 0 Å². The van der Waals surface area contributed by atoms with Gasteiger partial charge in [-0.15, -0.1) is 0 Å². The number of furan rings is 1. The SMILES string of the molecule is COc1ccc2c(CC(=O)N3CCN(Cc4c(F)cccc4Cl)CC3)coc2c1.